The van der Waals surface area contributed by atoms with E-state index in [0.29, 0.717) is 15.5 Å². The van der Waals surface area contributed by atoms with E-state index in [1.54, 1.807) is 24.4 Å². The zero-order chi connectivity index (χ0) is 15.0. The first-order valence-corrected chi connectivity index (χ1v) is 8.39. The molecule has 0 atom stereocenters. The topological polar surface area (TPSA) is 87.7 Å². The fraction of sp³-hybridized carbons (Fsp3) is 0. The molecule has 1 aromatic carbocycles. The summed E-state index contributed by atoms with van der Waals surface area (Å²) >= 11 is 9.05. The van der Waals surface area contributed by atoms with Crippen molar-refractivity contribution in [2.45, 2.75) is 4.90 Å². The van der Waals surface area contributed by atoms with Crippen molar-refractivity contribution in [3.8, 4) is 0 Å². The molecule has 0 unspecified atom stereocenters. The largest absolute Gasteiger partial charge is 0.279 e. The number of hydrogen-bond donors (Lipinski definition) is 2. The first-order chi connectivity index (χ1) is 9.97. The number of aromatic nitrogens is 3. The van der Waals surface area contributed by atoms with Gasteiger partial charge in [0.05, 0.1) is 17.4 Å². The monoisotopic (exact) mass is 386 g/mol. The van der Waals surface area contributed by atoms with Crippen molar-refractivity contribution < 1.29 is 8.42 Å². The molecule has 3 rings (SSSR count). The number of halogens is 2. The summed E-state index contributed by atoms with van der Waals surface area (Å²) in [4.78, 5) is 3.72. The Morgan fingerprint density at radius 3 is 2.90 bits per heavy atom. The maximum absolute atomic E-state index is 12.5. The predicted molar refractivity (Wildman–Crippen MR) is 83.8 cm³/mol. The smallest absolute Gasteiger partial charge is 0.265 e. The van der Waals surface area contributed by atoms with E-state index >= 15 is 0 Å². The first kappa shape index (κ1) is 14.3. The van der Waals surface area contributed by atoms with Gasteiger partial charge in [0.15, 0.2) is 0 Å². The van der Waals surface area contributed by atoms with Crippen molar-refractivity contribution in [3.63, 3.8) is 0 Å². The summed E-state index contributed by atoms with van der Waals surface area (Å²) < 4.78 is 27.9. The number of nitrogens with zero attached hydrogens (tertiary/aromatic N) is 2. The van der Waals surface area contributed by atoms with Crippen LogP contribution in [-0.4, -0.2) is 23.6 Å². The molecule has 2 aromatic heterocycles. The zero-order valence-electron chi connectivity index (χ0n) is 10.3. The van der Waals surface area contributed by atoms with Crippen molar-refractivity contribution >= 4 is 54.1 Å². The standard InChI is InChI=1S/C12H8BrClN4O2S/c13-7-4-11(12(14)15-5-7)21(19,20)18-10-3-1-2-9-8(10)6-16-17-9/h1-6,18H,(H,16,17). The molecule has 21 heavy (non-hydrogen) atoms. The molecule has 0 spiro atoms. The van der Waals surface area contributed by atoms with E-state index in [1.807, 2.05) is 0 Å². The number of H-pyrrole nitrogens is 1. The third kappa shape index (κ3) is 2.74. The molecule has 0 radical (unpaired) electrons. The highest BCUT2D eigenvalue weighted by atomic mass is 79.9. The van der Waals surface area contributed by atoms with Gasteiger partial charge in [-0.1, -0.05) is 17.7 Å². The van der Waals surface area contributed by atoms with Crippen molar-refractivity contribution in [2.24, 2.45) is 0 Å². The predicted octanol–water partition coefficient (Wildman–Crippen LogP) is 3.17. The minimum absolute atomic E-state index is 0.0925. The Morgan fingerprint density at radius 2 is 2.10 bits per heavy atom. The summed E-state index contributed by atoms with van der Waals surface area (Å²) in [6.07, 6.45) is 2.98. The average Bonchev–Trinajstić information content (AvgIpc) is 2.90. The Balaban J connectivity index is 2.08. The highest BCUT2D eigenvalue weighted by Crippen LogP contribution is 2.27. The van der Waals surface area contributed by atoms with Crippen molar-refractivity contribution in [1.29, 1.82) is 0 Å². The van der Waals surface area contributed by atoms with Crippen molar-refractivity contribution in [1.82, 2.24) is 15.2 Å². The van der Waals surface area contributed by atoms with E-state index < -0.39 is 10.0 Å². The molecule has 0 bridgehead atoms. The van der Waals surface area contributed by atoms with Crippen LogP contribution in [0.25, 0.3) is 10.9 Å². The Hall–Kier alpha value is -1.64. The fourth-order valence-corrected chi connectivity index (χ4v) is 3.87. The van der Waals surface area contributed by atoms with E-state index in [9.17, 15) is 8.42 Å². The van der Waals surface area contributed by atoms with Gasteiger partial charge in [-0.15, -0.1) is 0 Å². The Morgan fingerprint density at radius 1 is 1.29 bits per heavy atom. The maximum Gasteiger partial charge on any atom is 0.265 e. The quantitative estimate of drug-likeness (QED) is 0.676. The van der Waals surface area contributed by atoms with Crippen LogP contribution in [-0.2, 0) is 10.0 Å². The van der Waals surface area contributed by atoms with Gasteiger partial charge in [0, 0.05) is 16.1 Å². The molecule has 0 saturated carbocycles. The molecule has 9 heteroatoms. The molecule has 0 aliphatic heterocycles. The number of hydrogen-bond acceptors (Lipinski definition) is 4. The molecule has 108 valence electrons. The van der Waals surface area contributed by atoms with Crippen LogP contribution in [0.1, 0.15) is 0 Å². The van der Waals surface area contributed by atoms with Crippen LogP contribution in [0.3, 0.4) is 0 Å². The Kier molecular flexibility index (Phi) is 3.60. The van der Waals surface area contributed by atoms with E-state index in [1.165, 1.54) is 12.3 Å². The van der Waals surface area contributed by atoms with Gasteiger partial charge in [0.25, 0.3) is 10.0 Å². The molecule has 6 nitrogen and oxygen atoms in total. The van der Waals surface area contributed by atoms with Gasteiger partial charge in [-0.2, -0.15) is 5.10 Å². The second kappa shape index (κ2) is 5.28. The highest BCUT2D eigenvalue weighted by Gasteiger charge is 2.20. The number of sulfonamides is 1. The number of aromatic amines is 1. The molecular weight excluding hydrogens is 380 g/mol. The molecule has 0 aliphatic carbocycles. The molecule has 0 saturated heterocycles. The average molecular weight is 388 g/mol. The molecule has 0 fully saturated rings. The fourth-order valence-electron chi connectivity index (χ4n) is 1.85. The summed E-state index contributed by atoms with van der Waals surface area (Å²) in [5.74, 6) is 0. The molecular formula is C12H8BrClN4O2S. The molecule has 2 N–H and O–H groups in total. The van der Waals surface area contributed by atoms with Gasteiger partial charge in [-0.05, 0) is 34.1 Å². The minimum atomic E-state index is -3.85. The van der Waals surface area contributed by atoms with Crippen LogP contribution in [0.15, 0.2) is 46.0 Å². The van der Waals surface area contributed by atoms with Crippen LogP contribution in [0, 0.1) is 0 Å². The van der Waals surface area contributed by atoms with Crippen LogP contribution < -0.4 is 4.72 Å². The third-order valence-electron chi connectivity index (χ3n) is 2.79. The van der Waals surface area contributed by atoms with Gasteiger partial charge in [0.1, 0.15) is 10.0 Å². The summed E-state index contributed by atoms with van der Waals surface area (Å²) in [5, 5.41) is 7.24. The summed E-state index contributed by atoms with van der Waals surface area (Å²) in [7, 11) is -3.85. The molecule has 0 amide bonds. The second-order valence-electron chi connectivity index (χ2n) is 4.18. The van der Waals surface area contributed by atoms with E-state index in [4.69, 9.17) is 11.6 Å². The third-order valence-corrected chi connectivity index (χ3v) is 5.02. The van der Waals surface area contributed by atoms with E-state index in [-0.39, 0.29) is 10.0 Å². The Bertz CT molecular complexity index is 926. The first-order valence-electron chi connectivity index (χ1n) is 5.73. The second-order valence-corrected chi connectivity index (χ2v) is 7.11. The van der Waals surface area contributed by atoms with E-state index in [0.717, 1.165) is 5.52 Å². The summed E-state index contributed by atoms with van der Waals surface area (Å²) in [6, 6.07) is 6.56. The van der Waals surface area contributed by atoms with Crippen LogP contribution in [0.2, 0.25) is 5.15 Å². The van der Waals surface area contributed by atoms with Gasteiger partial charge in [-0.3, -0.25) is 9.82 Å². The number of rotatable bonds is 3. The van der Waals surface area contributed by atoms with Gasteiger partial charge in [-0.25, -0.2) is 13.4 Å². The lowest BCUT2D eigenvalue weighted by molar-refractivity contribution is 0.601. The van der Waals surface area contributed by atoms with Gasteiger partial charge in [0.2, 0.25) is 0 Å². The van der Waals surface area contributed by atoms with Crippen LogP contribution >= 0.6 is 27.5 Å². The van der Waals surface area contributed by atoms with Crippen LogP contribution in [0.5, 0.6) is 0 Å². The van der Waals surface area contributed by atoms with E-state index in [2.05, 4.69) is 35.8 Å². The SMILES string of the molecule is O=S(=O)(Nc1cccc2[nH]ncc12)c1cc(Br)cnc1Cl. The normalized spacial score (nSPS) is 11.7. The number of nitrogens with one attached hydrogen (secondary N) is 2. The summed E-state index contributed by atoms with van der Waals surface area (Å²) in [5.41, 5.74) is 1.14. The van der Waals surface area contributed by atoms with Gasteiger partial charge < -0.3 is 0 Å². The van der Waals surface area contributed by atoms with Crippen LogP contribution in [0.4, 0.5) is 5.69 Å². The van der Waals surface area contributed by atoms with Crippen molar-refractivity contribution in [3.05, 3.63) is 46.3 Å². The highest BCUT2D eigenvalue weighted by molar-refractivity contribution is 9.10. The van der Waals surface area contributed by atoms with Gasteiger partial charge >= 0.3 is 0 Å². The lowest BCUT2D eigenvalue weighted by atomic mass is 10.2. The molecule has 3 aromatic rings. The lowest BCUT2D eigenvalue weighted by Gasteiger charge is -2.10. The number of fused-ring (bicyclic) bond motifs is 1. The summed E-state index contributed by atoms with van der Waals surface area (Å²) in [6.45, 7) is 0. The molecule has 2 heterocycles. The number of anilines is 1. The minimum Gasteiger partial charge on any atom is -0.279 e. The molecule has 0 aliphatic rings. The Labute approximate surface area is 133 Å². The lowest BCUT2D eigenvalue weighted by Crippen LogP contribution is -2.14. The zero-order valence-corrected chi connectivity index (χ0v) is 13.5. The van der Waals surface area contributed by atoms with Crippen molar-refractivity contribution in [2.75, 3.05) is 4.72 Å². The maximum atomic E-state index is 12.5. The number of pyridine rings is 1. The number of benzene rings is 1.